The van der Waals surface area contributed by atoms with Crippen LogP contribution in [0.1, 0.15) is 36.0 Å². The van der Waals surface area contributed by atoms with E-state index < -0.39 is 10.1 Å². The summed E-state index contributed by atoms with van der Waals surface area (Å²) >= 11 is 2.82. The van der Waals surface area contributed by atoms with Crippen LogP contribution in [0.3, 0.4) is 0 Å². The highest BCUT2D eigenvalue weighted by molar-refractivity contribution is 8.22. The van der Waals surface area contributed by atoms with Gasteiger partial charge in [0.2, 0.25) is 0 Å². The molecule has 3 aromatic carbocycles. The number of para-hydroxylation sites is 2. The van der Waals surface area contributed by atoms with Gasteiger partial charge in [-0.1, -0.05) is 78.5 Å². The Bertz CT molecular complexity index is 1480. The maximum Gasteiger partial charge on any atom is 0.264 e. The van der Waals surface area contributed by atoms with E-state index in [2.05, 4.69) is 41.3 Å². The summed E-state index contributed by atoms with van der Waals surface area (Å²) in [5.74, 6) is -0.584. The minimum Gasteiger partial charge on any atom is -0.336 e. The zero-order valence-corrected chi connectivity index (χ0v) is 24.0. The van der Waals surface area contributed by atoms with Gasteiger partial charge in [0.25, 0.3) is 21.9 Å². The van der Waals surface area contributed by atoms with Gasteiger partial charge in [-0.05, 0) is 29.9 Å². The van der Waals surface area contributed by atoms with E-state index in [4.69, 9.17) is 4.84 Å². The molecule has 0 unspecified atom stereocenters. The van der Waals surface area contributed by atoms with Gasteiger partial charge in [0, 0.05) is 47.5 Å². The third-order valence-corrected chi connectivity index (χ3v) is 9.63. The van der Waals surface area contributed by atoms with Gasteiger partial charge in [-0.15, -0.1) is 11.8 Å². The molecule has 1 fully saturated rings. The average Bonchev–Trinajstić information content (AvgIpc) is 3.27. The molecule has 0 saturated carbocycles. The molecule has 0 aliphatic carbocycles. The first-order chi connectivity index (χ1) is 19.3. The number of hydrogen-bond acceptors (Lipinski definition) is 8. The number of rotatable bonds is 11. The molecule has 2 aliphatic rings. The Kier molecular flexibility index (Phi) is 8.97. The Balaban J connectivity index is 1.52. The van der Waals surface area contributed by atoms with Gasteiger partial charge < -0.3 is 4.90 Å². The van der Waals surface area contributed by atoms with Gasteiger partial charge in [-0.25, -0.2) is 0 Å². The van der Waals surface area contributed by atoms with Crippen molar-refractivity contribution in [3.05, 3.63) is 99.8 Å². The van der Waals surface area contributed by atoms with Crippen molar-refractivity contribution >= 4 is 62.4 Å². The van der Waals surface area contributed by atoms with Crippen LogP contribution >= 0.6 is 23.5 Å². The summed E-state index contributed by atoms with van der Waals surface area (Å²) in [6.45, 7) is 0.675. The summed E-state index contributed by atoms with van der Waals surface area (Å²) in [5.41, 5.74) is 6.22. The summed E-state index contributed by atoms with van der Waals surface area (Å²) in [6.07, 6.45) is 0.536. The average molecular weight is 597 g/mol. The Morgan fingerprint density at radius 2 is 1.40 bits per heavy atom. The molecule has 40 heavy (non-hydrogen) atoms. The lowest BCUT2D eigenvalue weighted by molar-refractivity contribution is -0.181. The van der Waals surface area contributed by atoms with E-state index in [-0.39, 0.29) is 42.8 Å². The number of carbonyl (C=O) groups is 2. The van der Waals surface area contributed by atoms with Crippen LogP contribution in [-0.2, 0) is 31.1 Å². The van der Waals surface area contributed by atoms with Crippen LogP contribution < -0.4 is 4.90 Å². The Morgan fingerprint density at radius 3 is 2.00 bits per heavy atom. The molecule has 5 rings (SSSR count). The van der Waals surface area contributed by atoms with Crippen molar-refractivity contribution < 1.29 is 27.4 Å². The van der Waals surface area contributed by atoms with Crippen molar-refractivity contribution in [1.29, 1.82) is 0 Å². The summed E-state index contributed by atoms with van der Waals surface area (Å²) < 4.78 is 32.7. The fourth-order valence-corrected chi connectivity index (χ4v) is 7.58. The second-order valence-electron chi connectivity index (χ2n) is 9.23. The lowest BCUT2D eigenvalue weighted by Gasteiger charge is -2.35. The molecular formula is C29H28N2O6S3. The molecule has 11 heteroatoms. The van der Waals surface area contributed by atoms with Crippen molar-refractivity contribution in [2.24, 2.45) is 0 Å². The van der Waals surface area contributed by atoms with E-state index in [1.54, 1.807) is 0 Å². The fourth-order valence-electron chi connectivity index (χ4n) is 4.70. The van der Waals surface area contributed by atoms with Crippen molar-refractivity contribution in [2.75, 3.05) is 22.3 Å². The van der Waals surface area contributed by atoms with E-state index in [9.17, 15) is 22.6 Å². The number of hydroxylamine groups is 2. The molecule has 0 aromatic heterocycles. The van der Waals surface area contributed by atoms with Crippen LogP contribution in [0.15, 0.2) is 83.1 Å². The Hall–Kier alpha value is -3.09. The summed E-state index contributed by atoms with van der Waals surface area (Å²) in [4.78, 5) is 32.0. The number of nitrogens with zero attached hydrogens (tertiary/aromatic N) is 2. The number of benzene rings is 3. The first-order valence-corrected chi connectivity index (χ1v) is 16.3. The molecule has 2 aliphatic heterocycles. The fraction of sp³-hybridized carbons (Fsp3) is 0.241. The second-order valence-corrected chi connectivity index (χ2v) is 13.1. The standard InChI is InChI=1S/C29H28N2O6S3/c32-26-15-16-27(33)31(26)37-20-39-29(38-17-8-18-40(34,35)36)28-22-11-4-6-13-24(22)30(19-21-9-2-1-3-10-21)25-14-7-5-12-23(25)28/h1-7,9-14H,8,15-20H2,(H,34,35,36). The van der Waals surface area contributed by atoms with Crippen molar-refractivity contribution in [2.45, 2.75) is 25.8 Å². The van der Waals surface area contributed by atoms with Crippen LogP contribution in [0.25, 0.3) is 5.57 Å². The zero-order valence-electron chi connectivity index (χ0n) is 21.6. The highest BCUT2D eigenvalue weighted by atomic mass is 32.2. The maximum atomic E-state index is 12.0. The molecule has 0 bridgehead atoms. The lowest BCUT2D eigenvalue weighted by Crippen LogP contribution is -2.29. The van der Waals surface area contributed by atoms with Crippen molar-refractivity contribution in [1.82, 2.24) is 5.06 Å². The first-order valence-electron chi connectivity index (χ1n) is 12.8. The number of anilines is 2. The van der Waals surface area contributed by atoms with E-state index in [0.29, 0.717) is 12.3 Å². The molecule has 1 saturated heterocycles. The predicted molar refractivity (Wildman–Crippen MR) is 159 cm³/mol. The van der Waals surface area contributed by atoms with Crippen LogP contribution in [-0.4, -0.2) is 47.3 Å². The second kappa shape index (κ2) is 12.6. The largest absolute Gasteiger partial charge is 0.336 e. The van der Waals surface area contributed by atoms with Gasteiger partial charge in [-0.2, -0.15) is 13.5 Å². The van der Waals surface area contributed by atoms with Crippen LogP contribution in [0.2, 0.25) is 0 Å². The van der Waals surface area contributed by atoms with Gasteiger partial charge in [0.15, 0.2) is 0 Å². The lowest BCUT2D eigenvalue weighted by atomic mass is 9.91. The van der Waals surface area contributed by atoms with Gasteiger partial charge >= 0.3 is 0 Å². The minimum atomic E-state index is -4.07. The Morgan fingerprint density at radius 1 is 0.825 bits per heavy atom. The third-order valence-electron chi connectivity index (χ3n) is 6.47. The molecule has 0 atom stereocenters. The number of imide groups is 1. The molecule has 2 amide bonds. The molecule has 0 radical (unpaired) electrons. The molecule has 1 N–H and O–H groups in total. The van der Waals surface area contributed by atoms with E-state index in [1.807, 2.05) is 42.5 Å². The summed E-state index contributed by atoms with van der Waals surface area (Å²) in [7, 11) is -4.07. The number of hydrogen-bond donors (Lipinski definition) is 1. The monoisotopic (exact) mass is 596 g/mol. The highest BCUT2D eigenvalue weighted by Gasteiger charge is 2.31. The maximum absolute atomic E-state index is 12.0. The number of amides is 2. The quantitative estimate of drug-likeness (QED) is 0.127. The predicted octanol–water partition coefficient (Wildman–Crippen LogP) is 5.84. The van der Waals surface area contributed by atoms with Gasteiger partial charge in [0.1, 0.15) is 5.94 Å². The molecule has 0 spiro atoms. The van der Waals surface area contributed by atoms with Crippen molar-refractivity contribution in [3.8, 4) is 0 Å². The number of carbonyl (C=O) groups excluding carboxylic acids is 2. The first kappa shape index (κ1) is 28.4. The molecular weight excluding hydrogens is 569 g/mol. The third kappa shape index (κ3) is 6.61. The van der Waals surface area contributed by atoms with E-state index in [0.717, 1.165) is 37.4 Å². The molecule has 2 heterocycles. The zero-order chi connectivity index (χ0) is 28.1. The smallest absolute Gasteiger partial charge is 0.264 e. The highest BCUT2D eigenvalue weighted by Crippen LogP contribution is 2.50. The van der Waals surface area contributed by atoms with Gasteiger partial charge in [0.05, 0.1) is 9.99 Å². The number of thioether (sulfide) groups is 2. The molecule has 8 nitrogen and oxygen atoms in total. The number of fused-ring (bicyclic) bond motifs is 2. The minimum absolute atomic E-state index is 0.0275. The topological polar surface area (TPSA) is 104 Å². The summed E-state index contributed by atoms with van der Waals surface area (Å²) in [6, 6.07) is 26.5. The molecule has 3 aromatic rings. The van der Waals surface area contributed by atoms with Gasteiger partial charge in [-0.3, -0.25) is 19.0 Å². The van der Waals surface area contributed by atoms with Crippen LogP contribution in [0.5, 0.6) is 0 Å². The van der Waals surface area contributed by atoms with E-state index in [1.165, 1.54) is 29.1 Å². The van der Waals surface area contributed by atoms with Crippen LogP contribution in [0.4, 0.5) is 11.4 Å². The Labute approximate surface area is 242 Å². The SMILES string of the molecule is O=C1CCC(=O)N1OCSC(SCCCS(=O)(=O)O)=C1c2ccccc2N(Cc2ccccc2)c2ccccc21. The normalized spacial score (nSPS) is 14.9. The summed E-state index contributed by atoms with van der Waals surface area (Å²) in [5, 5.41) is 0.836. The molecule has 208 valence electrons. The van der Waals surface area contributed by atoms with Crippen LogP contribution in [0, 0.1) is 0 Å². The van der Waals surface area contributed by atoms with E-state index >= 15 is 0 Å². The van der Waals surface area contributed by atoms with Crippen molar-refractivity contribution in [3.63, 3.8) is 0 Å².